The average Bonchev–Trinajstić information content (AvgIpc) is 1.39. The Morgan fingerprint density at radius 3 is 1.50 bits per heavy atom. The second kappa shape index (κ2) is 16.0. The summed E-state index contributed by atoms with van der Waals surface area (Å²) in [4.78, 5) is 0. The van der Waals surface area contributed by atoms with Crippen molar-refractivity contribution in [1.29, 1.82) is 0 Å². The molecule has 0 amide bonds. The van der Waals surface area contributed by atoms with E-state index in [2.05, 4.69) is 35.8 Å². The second-order valence-electron chi connectivity index (χ2n) is 0.309. The first-order valence-corrected chi connectivity index (χ1v) is 3.71. The van der Waals surface area contributed by atoms with Crippen LogP contribution in [0.5, 0.6) is 0 Å². The molecule has 0 atom stereocenters. The van der Waals surface area contributed by atoms with Crippen LogP contribution in [-0.2, 0) is 7.69 Å². The van der Waals surface area contributed by atoms with Crippen LogP contribution in [0.4, 0.5) is 0 Å². The normalized spacial score (nSPS) is 6.33. The van der Waals surface area contributed by atoms with Crippen molar-refractivity contribution in [2.75, 3.05) is 0 Å². The zero-order chi connectivity index (χ0) is 5.41. The van der Waals surface area contributed by atoms with Gasteiger partial charge in [0.05, 0.1) is 0 Å². The molecule has 0 radical (unpaired) electrons. The van der Waals surface area contributed by atoms with Gasteiger partial charge >= 0.3 is 54.7 Å². The molecule has 0 N–H and O–H groups in total. The summed E-state index contributed by atoms with van der Waals surface area (Å²) in [6.07, 6.45) is 0. The molecule has 0 fully saturated rings. The molecule has 2 nitrogen and oxygen atoms in total. The Morgan fingerprint density at radius 2 is 1.50 bits per heavy atom. The Balaban J connectivity index is 0. The fourth-order valence-electron chi connectivity index (χ4n) is 0. The molecular formula is H8BrClO2P2. The third-order valence-electron chi connectivity index (χ3n) is 0. The zero-order valence-electron chi connectivity index (χ0n) is 3.57. The summed E-state index contributed by atoms with van der Waals surface area (Å²) in [5.74, 6) is 0. The standard InChI is InChI=1S/BrH4OP.ClH4OP/c2*1-2-3/h2*3H4. The van der Waals surface area contributed by atoms with Crippen LogP contribution < -0.4 is 0 Å². The predicted octanol–water partition coefficient (Wildman–Crippen LogP) is 0.979. The van der Waals surface area contributed by atoms with E-state index in [0.717, 1.165) is 9.47 Å². The van der Waals surface area contributed by atoms with Gasteiger partial charge in [0.1, 0.15) is 0 Å². The van der Waals surface area contributed by atoms with Crippen LogP contribution in [0.1, 0.15) is 0 Å². The Labute approximate surface area is 55.1 Å². The third kappa shape index (κ3) is 47.8. The van der Waals surface area contributed by atoms with Crippen molar-refractivity contribution in [1.82, 2.24) is 0 Å². The summed E-state index contributed by atoms with van der Waals surface area (Å²) >= 11 is 7.27. The van der Waals surface area contributed by atoms with Crippen LogP contribution >= 0.6 is 47.1 Å². The van der Waals surface area contributed by atoms with Gasteiger partial charge in [0, 0.05) is 0 Å². The fraction of sp³-hybridized carbons (Fsp3) is 0. The van der Waals surface area contributed by atoms with Crippen molar-refractivity contribution in [2.24, 2.45) is 0 Å². The molecule has 0 bridgehead atoms. The van der Waals surface area contributed by atoms with Gasteiger partial charge in [-0.2, -0.15) is 0 Å². The number of hydrogen-bond donors (Lipinski definition) is 0. The monoisotopic (exact) mass is 216 g/mol. The van der Waals surface area contributed by atoms with Gasteiger partial charge in [-0.15, -0.1) is 0 Å². The van der Waals surface area contributed by atoms with Gasteiger partial charge in [0.25, 0.3) is 0 Å². The molecule has 0 spiro atoms. The van der Waals surface area contributed by atoms with E-state index in [0.29, 0.717) is 9.47 Å². The van der Waals surface area contributed by atoms with E-state index in [-0.39, 0.29) is 0 Å². The van der Waals surface area contributed by atoms with Crippen molar-refractivity contribution in [3.63, 3.8) is 0 Å². The third-order valence-corrected chi connectivity index (χ3v) is 0. The summed E-state index contributed by atoms with van der Waals surface area (Å²) in [7, 11) is 1.42. The zero-order valence-corrected chi connectivity index (χ0v) is 9.91. The molecule has 0 saturated carbocycles. The molecule has 0 heterocycles. The Kier molecular flexibility index (Phi) is 28.1. The summed E-state index contributed by atoms with van der Waals surface area (Å²) in [6.45, 7) is 0. The molecule has 0 unspecified atom stereocenters. The molecule has 0 aliphatic carbocycles. The molecule has 6 heteroatoms. The molecule has 44 valence electrons. The van der Waals surface area contributed by atoms with E-state index >= 15 is 0 Å². The van der Waals surface area contributed by atoms with Crippen molar-refractivity contribution in [3.8, 4) is 0 Å². The maximum atomic E-state index is 4.56. The van der Waals surface area contributed by atoms with Gasteiger partial charge in [0.2, 0.25) is 0 Å². The average molecular weight is 217 g/mol. The quantitative estimate of drug-likeness (QED) is 0.563. The summed E-state index contributed by atoms with van der Waals surface area (Å²) in [5, 5.41) is 0. The Morgan fingerprint density at radius 1 is 1.50 bits per heavy atom. The van der Waals surface area contributed by atoms with E-state index in [4.69, 9.17) is 0 Å². The topological polar surface area (TPSA) is 18.5 Å². The molecule has 6 heavy (non-hydrogen) atoms. The Hall–Kier alpha value is 1.55. The number of halogens is 2. The van der Waals surface area contributed by atoms with Gasteiger partial charge in [-0.1, -0.05) is 0 Å². The minimum absolute atomic E-state index is 0.634. The molecule has 0 rings (SSSR count). The maximum absolute atomic E-state index is 4.56. The number of rotatable bonds is 0. The molecule has 0 aliphatic heterocycles. The van der Waals surface area contributed by atoms with Crippen LogP contribution in [0.15, 0.2) is 0 Å². The molecule has 0 aromatic rings. The van der Waals surface area contributed by atoms with Gasteiger partial charge in [-0.3, -0.25) is 0 Å². The molecule has 0 aliphatic rings. The van der Waals surface area contributed by atoms with Gasteiger partial charge < -0.3 is 0 Å². The first kappa shape index (κ1) is 10.5. The molecule has 0 aromatic carbocycles. The van der Waals surface area contributed by atoms with E-state index in [1.165, 1.54) is 0 Å². The van der Waals surface area contributed by atoms with Crippen LogP contribution in [-0.4, -0.2) is 0 Å². The molecule has 0 saturated heterocycles. The molecular weight excluding hydrogens is 209 g/mol. The first-order chi connectivity index (χ1) is 2.83. The summed E-state index contributed by atoms with van der Waals surface area (Å²) in [6, 6.07) is 0. The van der Waals surface area contributed by atoms with Gasteiger partial charge in [-0.05, 0) is 0 Å². The minimum atomic E-state index is 0.634. The van der Waals surface area contributed by atoms with Crippen molar-refractivity contribution < 1.29 is 7.69 Å². The van der Waals surface area contributed by atoms with Crippen molar-refractivity contribution >= 4 is 47.1 Å². The summed E-state index contributed by atoms with van der Waals surface area (Å²) in [5.41, 5.74) is 0. The molecule has 0 aromatic heterocycles. The first-order valence-electron chi connectivity index (χ1n) is 1.13. The van der Waals surface area contributed by atoms with Crippen LogP contribution in [0, 0.1) is 0 Å². The van der Waals surface area contributed by atoms with Gasteiger partial charge in [-0.25, -0.2) is 0 Å². The van der Waals surface area contributed by atoms with E-state index in [1.54, 1.807) is 0 Å². The Bertz CT molecular complexity index is 13.5. The SMILES string of the molecule is [PH4]OBr.[PH4]OCl. The van der Waals surface area contributed by atoms with Gasteiger partial charge in [0.15, 0.2) is 0 Å². The van der Waals surface area contributed by atoms with E-state index < -0.39 is 0 Å². The van der Waals surface area contributed by atoms with E-state index in [9.17, 15) is 0 Å². The fourth-order valence-corrected chi connectivity index (χ4v) is 0. The summed E-state index contributed by atoms with van der Waals surface area (Å²) < 4.78 is 8.06. The number of hydrogen-bond acceptors (Lipinski definition) is 2. The van der Waals surface area contributed by atoms with E-state index in [1.807, 2.05) is 0 Å². The van der Waals surface area contributed by atoms with Crippen LogP contribution in [0.25, 0.3) is 0 Å². The van der Waals surface area contributed by atoms with Crippen LogP contribution in [0.2, 0.25) is 0 Å². The van der Waals surface area contributed by atoms with Crippen LogP contribution in [0.3, 0.4) is 0 Å². The predicted molar refractivity (Wildman–Crippen MR) is 42.0 cm³/mol. The second-order valence-corrected chi connectivity index (χ2v) is 3.79. The van der Waals surface area contributed by atoms with Crippen molar-refractivity contribution in [2.45, 2.75) is 0 Å². The van der Waals surface area contributed by atoms with Crippen molar-refractivity contribution in [3.05, 3.63) is 0 Å².